The number of carbonyl (C=O) groups is 1. The van der Waals surface area contributed by atoms with Crippen LogP contribution in [-0.2, 0) is 6.42 Å². The van der Waals surface area contributed by atoms with Gasteiger partial charge >= 0.3 is 0 Å². The van der Waals surface area contributed by atoms with Crippen molar-refractivity contribution in [2.75, 3.05) is 0 Å². The fourth-order valence-electron chi connectivity index (χ4n) is 3.60. The fraction of sp³-hybridized carbons (Fsp3) is 0.294. The van der Waals surface area contributed by atoms with Crippen molar-refractivity contribution in [3.8, 4) is 6.07 Å². The molecule has 2 bridgehead atoms. The van der Waals surface area contributed by atoms with Crippen LogP contribution in [0.5, 0.6) is 0 Å². The molecule has 0 spiro atoms. The lowest BCUT2D eigenvalue weighted by Gasteiger charge is -2.35. The van der Waals surface area contributed by atoms with Crippen molar-refractivity contribution in [1.29, 1.82) is 5.26 Å². The first-order chi connectivity index (χ1) is 10.8. The predicted octanol–water partition coefficient (Wildman–Crippen LogP) is 2.25. The maximum Gasteiger partial charge on any atom is 0.254 e. The van der Waals surface area contributed by atoms with E-state index in [-0.39, 0.29) is 18.0 Å². The van der Waals surface area contributed by atoms with E-state index in [0.717, 1.165) is 30.5 Å². The van der Waals surface area contributed by atoms with E-state index in [1.807, 2.05) is 11.1 Å². The smallest absolute Gasteiger partial charge is 0.254 e. The Bertz CT molecular complexity index is 795. The van der Waals surface area contributed by atoms with Crippen molar-refractivity contribution in [2.24, 2.45) is 0 Å². The number of nitriles is 1. The zero-order valence-electron chi connectivity index (χ0n) is 11.9. The Balaban J connectivity index is 1.72. The van der Waals surface area contributed by atoms with E-state index in [1.165, 1.54) is 0 Å². The number of fused-ring (bicyclic) bond motifs is 4. The number of carbonyl (C=O) groups excluding carboxylic acids is 1. The molecule has 2 unspecified atom stereocenters. The second-order valence-corrected chi connectivity index (χ2v) is 5.78. The molecular formula is C17H14N4O. The monoisotopic (exact) mass is 290 g/mol. The summed E-state index contributed by atoms with van der Waals surface area (Å²) in [6.07, 6.45) is 6.14. The van der Waals surface area contributed by atoms with Gasteiger partial charge in [0.05, 0.1) is 23.4 Å². The fourth-order valence-corrected chi connectivity index (χ4v) is 3.60. The van der Waals surface area contributed by atoms with Crippen LogP contribution in [0.25, 0.3) is 0 Å². The summed E-state index contributed by atoms with van der Waals surface area (Å²) in [5.41, 5.74) is 3.23. The Hall–Kier alpha value is -2.74. The largest absolute Gasteiger partial charge is 0.328 e. The highest BCUT2D eigenvalue weighted by Gasteiger charge is 2.43. The minimum absolute atomic E-state index is 0.000830. The summed E-state index contributed by atoms with van der Waals surface area (Å²) in [5.74, 6) is -0.000830. The Morgan fingerprint density at radius 1 is 1.36 bits per heavy atom. The van der Waals surface area contributed by atoms with Gasteiger partial charge in [-0.25, -0.2) is 9.97 Å². The lowest BCUT2D eigenvalue weighted by atomic mass is 9.98. The third-order valence-corrected chi connectivity index (χ3v) is 4.59. The zero-order valence-corrected chi connectivity index (χ0v) is 11.9. The summed E-state index contributed by atoms with van der Waals surface area (Å²) in [5, 5.41) is 9.01. The van der Waals surface area contributed by atoms with Gasteiger partial charge in [0, 0.05) is 29.8 Å². The standard InChI is InChI=1S/C17H14N4O/c18-8-11-2-1-3-12(6-11)17(22)21-13-4-5-16(21)14-9-19-10-20-15(14)7-13/h1-3,6,9-10,13,16H,4-5,7H2. The Morgan fingerprint density at radius 2 is 2.27 bits per heavy atom. The molecule has 0 aliphatic carbocycles. The second kappa shape index (κ2) is 4.92. The number of hydrogen-bond donors (Lipinski definition) is 0. The van der Waals surface area contributed by atoms with Crippen LogP contribution in [0.1, 0.15) is 46.1 Å². The summed E-state index contributed by atoms with van der Waals surface area (Å²) in [7, 11) is 0. The molecule has 2 aliphatic rings. The summed E-state index contributed by atoms with van der Waals surface area (Å²) in [6, 6.07) is 9.27. The van der Waals surface area contributed by atoms with Crippen LogP contribution in [0.2, 0.25) is 0 Å². The number of benzene rings is 1. The zero-order chi connectivity index (χ0) is 15.1. The van der Waals surface area contributed by atoms with Gasteiger partial charge in [-0.1, -0.05) is 6.07 Å². The SMILES string of the molecule is N#Cc1cccc(C(=O)N2C3CCC2c2cncnc2C3)c1. The molecule has 0 saturated carbocycles. The molecule has 0 N–H and O–H groups in total. The topological polar surface area (TPSA) is 69.9 Å². The van der Waals surface area contributed by atoms with Gasteiger partial charge < -0.3 is 4.90 Å². The molecule has 2 atom stereocenters. The van der Waals surface area contributed by atoms with Crippen molar-refractivity contribution < 1.29 is 4.79 Å². The van der Waals surface area contributed by atoms with E-state index in [1.54, 1.807) is 30.6 Å². The van der Waals surface area contributed by atoms with Gasteiger partial charge in [-0.3, -0.25) is 4.79 Å². The van der Waals surface area contributed by atoms with Crippen LogP contribution >= 0.6 is 0 Å². The Kier molecular flexibility index (Phi) is 2.90. The van der Waals surface area contributed by atoms with Crippen LogP contribution in [0.4, 0.5) is 0 Å². The van der Waals surface area contributed by atoms with E-state index >= 15 is 0 Å². The second-order valence-electron chi connectivity index (χ2n) is 5.78. The van der Waals surface area contributed by atoms with E-state index in [0.29, 0.717) is 11.1 Å². The van der Waals surface area contributed by atoms with Gasteiger partial charge in [0.15, 0.2) is 0 Å². The van der Waals surface area contributed by atoms with E-state index in [9.17, 15) is 4.79 Å². The molecule has 5 heteroatoms. The Morgan fingerprint density at radius 3 is 3.14 bits per heavy atom. The molecule has 22 heavy (non-hydrogen) atoms. The lowest BCUT2D eigenvalue weighted by molar-refractivity contribution is 0.0644. The van der Waals surface area contributed by atoms with E-state index in [2.05, 4.69) is 16.0 Å². The molecule has 5 nitrogen and oxygen atoms in total. The van der Waals surface area contributed by atoms with Crippen molar-refractivity contribution >= 4 is 5.91 Å². The van der Waals surface area contributed by atoms with Crippen molar-refractivity contribution in [3.05, 3.63) is 59.2 Å². The summed E-state index contributed by atoms with van der Waals surface area (Å²) in [6.45, 7) is 0. The molecule has 1 saturated heterocycles. The molecule has 1 aromatic carbocycles. The number of aromatic nitrogens is 2. The van der Waals surface area contributed by atoms with Gasteiger partial charge in [0.2, 0.25) is 0 Å². The van der Waals surface area contributed by atoms with Crippen LogP contribution in [0, 0.1) is 11.3 Å². The van der Waals surface area contributed by atoms with E-state index in [4.69, 9.17) is 5.26 Å². The molecule has 108 valence electrons. The minimum Gasteiger partial charge on any atom is -0.328 e. The third-order valence-electron chi connectivity index (χ3n) is 4.59. The lowest BCUT2D eigenvalue weighted by Crippen LogP contribution is -2.42. The first-order valence-corrected chi connectivity index (χ1v) is 7.39. The summed E-state index contributed by atoms with van der Waals surface area (Å²) >= 11 is 0. The average Bonchev–Trinajstić information content (AvgIpc) is 2.89. The van der Waals surface area contributed by atoms with Gasteiger partial charge in [0.25, 0.3) is 5.91 Å². The molecule has 2 aliphatic heterocycles. The summed E-state index contributed by atoms with van der Waals surface area (Å²) in [4.78, 5) is 23.4. The molecule has 1 aromatic heterocycles. The highest BCUT2D eigenvalue weighted by molar-refractivity contribution is 5.95. The Labute approximate surface area is 128 Å². The molecular weight excluding hydrogens is 276 g/mol. The summed E-state index contributed by atoms with van der Waals surface area (Å²) < 4.78 is 0. The first kappa shape index (κ1) is 13.0. The maximum atomic E-state index is 12.9. The van der Waals surface area contributed by atoms with Crippen molar-refractivity contribution in [1.82, 2.24) is 14.9 Å². The maximum absolute atomic E-state index is 12.9. The van der Waals surface area contributed by atoms with Crippen molar-refractivity contribution in [2.45, 2.75) is 31.3 Å². The molecule has 2 aromatic rings. The van der Waals surface area contributed by atoms with Crippen LogP contribution in [-0.4, -0.2) is 26.8 Å². The highest BCUT2D eigenvalue weighted by atomic mass is 16.2. The van der Waals surface area contributed by atoms with Gasteiger partial charge in [-0.05, 0) is 31.0 Å². The van der Waals surface area contributed by atoms with Gasteiger partial charge in [0.1, 0.15) is 6.33 Å². The predicted molar refractivity (Wildman–Crippen MR) is 78.8 cm³/mol. The number of rotatable bonds is 1. The molecule has 1 fully saturated rings. The number of hydrogen-bond acceptors (Lipinski definition) is 4. The minimum atomic E-state index is -0.000830. The molecule has 3 heterocycles. The van der Waals surface area contributed by atoms with E-state index < -0.39 is 0 Å². The van der Waals surface area contributed by atoms with Crippen LogP contribution in [0.3, 0.4) is 0 Å². The van der Waals surface area contributed by atoms with Gasteiger partial charge in [-0.2, -0.15) is 5.26 Å². The van der Waals surface area contributed by atoms with Crippen molar-refractivity contribution in [3.63, 3.8) is 0 Å². The quantitative estimate of drug-likeness (QED) is 0.807. The van der Waals surface area contributed by atoms with Crippen LogP contribution < -0.4 is 0 Å². The molecule has 1 amide bonds. The normalized spacial score (nSPS) is 22.0. The molecule has 0 radical (unpaired) electrons. The number of nitrogens with zero attached hydrogens (tertiary/aromatic N) is 4. The third kappa shape index (κ3) is 1.88. The van der Waals surface area contributed by atoms with Crippen LogP contribution in [0.15, 0.2) is 36.8 Å². The number of amides is 1. The van der Waals surface area contributed by atoms with Gasteiger partial charge in [-0.15, -0.1) is 0 Å². The first-order valence-electron chi connectivity index (χ1n) is 7.39. The molecule has 4 rings (SSSR count). The average molecular weight is 290 g/mol. The highest BCUT2D eigenvalue weighted by Crippen LogP contribution is 2.43.